The summed E-state index contributed by atoms with van der Waals surface area (Å²) in [5.74, 6) is 2.03. The summed E-state index contributed by atoms with van der Waals surface area (Å²) in [5.41, 5.74) is 4.31. The van der Waals surface area contributed by atoms with Crippen molar-refractivity contribution in [1.82, 2.24) is 24.8 Å². The van der Waals surface area contributed by atoms with Gasteiger partial charge >= 0.3 is 0 Å². The quantitative estimate of drug-likeness (QED) is 0.695. The monoisotopic (exact) mass is 305 g/mol. The summed E-state index contributed by atoms with van der Waals surface area (Å²) in [6, 6.07) is 0. The van der Waals surface area contributed by atoms with Crippen LogP contribution < -0.4 is 0 Å². The fraction of sp³-hybridized carbons (Fsp3) is 0.625. The maximum Gasteiger partial charge on any atom is 0.106 e. The predicted octanol–water partition coefficient (Wildman–Crippen LogP) is 1.87. The van der Waals surface area contributed by atoms with Crippen molar-refractivity contribution >= 4 is 0 Å². The van der Waals surface area contributed by atoms with Gasteiger partial charge in [0, 0.05) is 43.9 Å². The van der Waals surface area contributed by atoms with Crippen LogP contribution in [0.2, 0.25) is 0 Å². The molecule has 2 aromatic heterocycles. The number of rotatable bonds is 8. The largest absolute Gasteiger partial charge is 0.395 e. The van der Waals surface area contributed by atoms with E-state index in [-0.39, 0.29) is 6.61 Å². The normalized spacial score (nSPS) is 11.5. The Morgan fingerprint density at radius 1 is 0.909 bits per heavy atom. The second-order valence-electron chi connectivity index (χ2n) is 5.65. The van der Waals surface area contributed by atoms with Crippen molar-refractivity contribution in [3.8, 4) is 0 Å². The number of nitrogens with zero attached hydrogens (tertiary/aromatic N) is 3. The molecule has 2 rings (SSSR count). The van der Waals surface area contributed by atoms with E-state index in [4.69, 9.17) is 0 Å². The molecule has 0 bridgehead atoms. The Balaban J connectivity index is 2.11. The standard InChI is InChI=1S/C16H27N5O/c1-5-15-17-11(3)13(19-15)9-21(7-8-22)10-14-12(4)18-16(6-2)20-14/h22H,5-10H2,1-4H3,(H,17,19)(H,18,20). The molecular weight excluding hydrogens is 278 g/mol. The molecule has 2 aromatic rings. The molecule has 6 nitrogen and oxygen atoms in total. The number of imidazole rings is 2. The molecule has 6 heteroatoms. The van der Waals surface area contributed by atoms with Crippen molar-refractivity contribution in [2.75, 3.05) is 13.2 Å². The molecule has 0 aromatic carbocycles. The molecule has 0 aliphatic heterocycles. The first-order chi connectivity index (χ1) is 10.6. The maximum absolute atomic E-state index is 9.34. The van der Waals surface area contributed by atoms with Gasteiger partial charge in [0.05, 0.1) is 18.0 Å². The van der Waals surface area contributed by atoms with Crippen LogP contribution >= 0.6 is 0 Å². The first-order valence-corrected chi connectivity index (χ1v) is 7.99. The van der Waals surface area contributed by atoms with Gasteiger partial charge < -0.3 is 15.1 Å². The topological polar surface area (TPSA) is 80.8 Å². The molecule has 22 heavy (non-hydrogen) atoms. The third-order valence-corrected chi connectivity index (χ3v) is 3.90. The Morgan fingerprint density at radius 2 is 1.36 bits per heavy atom. The van der Waals surface area contributed by atoms with Crippen molar-refractivity contribution in [2.24, 2.45) is 0 Å². The highest BCUT2D eigenvalue weighted by Crippen LogP contribution is 2.14. The van der Waals surface area contributed by atoms with Gasteiger partial charge in [0.15, 0.2) is 0 Å². The van der Waals surface area contributed by atoms with Gasteiger partial charge in [-0.15, -0.1) is 0 Å². The Bertz CT molecular complexity index is 551. The fourth-order valence-electron chi connectivity index (χ4n) is 2.55. The molecule has 3 N–H and O–H groups in total. The van der Waals surface area contributed by atoms with E-state index in [1.165, 1.54) is 0 Å². The van der Waals surface area contributed by atoms with Gasteiger partial charge in [-0.3, -0.25) is 4.90 Å². The fourth-order valence-corrected chi connectivity index (χ4v) is 2.55. The lowest BCUT2D eigenvalue weighted by molar-refractivity contribution is 0.181. The minimum absolute atomic E-state index is 0.133. The van der Waals surface area contributed by atoms with Crippen molar-refractivity contribution < 1.29 is 5.11 Å². The van der Waals surface area contributed by atoms with E-state index in [1.54, 1.807) is 0 Å². The van der Waals surface area contributed by atoms with Crippen LogP contribution in [0.5, 0.6) is 0 Å². The summed E-state index contributed by atoms with van der Waals surface area (Å²) in [5, 5.41) is 9.34. The first kappa shape index (κ1) is 16.7. The summed E-state index contributed by atoms with van der Waals surface area (Å²) >= 11 is 0. The van der Waals surface area contributed by atoms with E-state index in [0.29, 0.717) is 6.54 Å². The first-order valence-electron chi connectivity index (χ1n) is 7.99. The molecule has 0 saturated carbocycles. The molecule has 0 saturated heterocycles. The van der Waals surface area contributed by atoms with Crippen LogP contribution in [0.1, 0.15) is 48.3 Å². The minimum Gasteiger partial charge on any atom is -0.395 e. The number of nitrogens with one attached hydrogen (secondary N) is 2. The van der Waals surface area contributed by atoms with Crippen molar-refractivity contribution in [3.05, 3.63) is 34.4 Å². The van der Waals surface area contributed by atoms with Crippen LogP contribution in [0.25, 0.3) is 0 Å². The molecule has 0 unspecified atom stereocenters. The number of aliphatic hydroxyl groups excluding tert-OH is 1. The number of aliphatic hydroxyl groups is 1. The molecule has 2 heterocycles. The van der Waals surface area contributed by atoms with Crippen molar-refractivity contribution in [3.63, 3.8) is 0 Å². The van der Waals surface area contributed by atoms with Gasteiger partial charge in [0.1, 0.15) is 11.6 Å². The summed E-state index contributed by atoms with van der Waals surface area (Å²) < 4.78 is 0. The van der Waals surface area contributed by atoms with Gasteiger partial charge in [0.2, 0.25) is 0 Å². The Hall–Kier alpha value is -1.66. The Labute approximate surface area is 132 Å². The smallest absolute Gasteiger partial charge is 0.106 e. The highest BCUT2D eigenvalue weighted by Gasteiger charge is 2.15. The Morgan fingerprint density at radius 3 is 1.68 bits per heavy atom. The zero-order valence-electron chi connectivity index (χ0n) is 14.0. The van der Waals surface area contributed by atoms with Crippen LogP contribution in [0.3, 0.4) is 0 Å². The van der Waals surface area contributed by atoms with E-state index >= 15 is 0 Å². The SMILES string of the molecule is CCc1nc(CN(CCO)Cc2nc(CC)[nH]c2C)c(C)[nH]1. The maximum atomic E-state index is 9.34. The molecule has 0 fully saturated rings. The van der Waals surface area contributed by atoms with E-state index in [9.17, 15) is 5.11 Å². The lowest BCUT2D eigenvalue weighted by atomic mass is 10.2. The van der Waals surface area contributed by atoms with Gasteiger partial charge in [0.25, 0.3) is 0 Å². The van der Waals surface area contributed by atoms with Crippen LogP contribution in [-0.4, -0.2) is 43.1 Å². The minimum atomic E-state index is 0.133. The molecule has 0 amide bonds. The average molecular weight is 305 g/mol. The van der Waals surface area contributed by atoms with Gasteiger partial charge in [-0.05, 0) is 13.8 Å². The predicted molar refractivity (Wildman–Crippen MR) is 86.6 cm³/mol. The molecule has 0 spiro atoms. The third-order valence-electron chi connectivity index (χ3n) is 3.90. The van der Waals surface area contributed by atoms with Crippen LogP contribution in [0, 0.1) is 13.8 Å². The van der Waals surface area contributed by atoms with Crippen LogP contribution in [0.4, 0.5) is 0 Å². The number of H-pyrrole nitrogens is 2. The lowest BCUT2D eigenvalue weighted by Gasteiger charge is -2.20. The second-order valence-corrected chi connectivity index (χ2v) is 5.65. The summed E-state index contributed by atoms with van der Waals surface area (Å²) in [6.07, 6.45) is 1.80. The molecule has 0 aliphatic rings. The van der Waals surface area contributed by atoms with E-state index in [2.05, 4.69) is 38.7 Å². The zero-order chi connectivity index (χ0) is 16.1. The number of aryl methyl sites for hydroxylation is 4. The van der Waals surface area contributed by atoms with Crippen molar-refractivity contribution in [1.29, 1.82) is 0 Å². The average Bonchev–Trinajstić information content (AvgIpc) is 3.03. The lowest BCUT2D eigenvalue weighted by Crippen LogP contribution is -2.27. The zero-order valence-corrected chi connectivity index (χ0v) is 14.0. The molecule has 122 valence electrons. The molecule has 0 radical (unpaired) electrons. The third kappa shape index (κ3) is 3.96. The van der Waals surface area contributed by atoms with E-state index in [1.807, 2.05) is 13.8 Å². The number of aromatic nitrogens is 4. The second kappa shape index (κ2) is 7.56. The number of aromatic amines is 2. The summed E-state index contributed by atoms with van der Waals surface area (Å²) in [4.78, 5) is 18.1. The number of hydrogen-bond donors (Lipinski definition) is 3. The van der Waals surface area contributed by atoms with Gasteiger partial charge in [-0.2, -0.15) is 0 Å². The molecular formula is C16H27N5O. The van der Waals surface area contributed by atoms with Crippen LogP contribution in [0.15, 0.2) is 0 Å². The molecule has 0 atom stereocenters. The van der Waals surface area contributed by atoms with Crippen LogP contribution in [-0.2, 0) is 25.9 Å². The summed E-state index contributed by atoms with van der Waals surface area (Å²) in [6.45, 7) is 10.5. The Kier molecular flexibility index (Phi) is 5.74. The highest BCUT2D eigenvalue weighted by atomic mass is 16.3. The van der Waals surface area contributed by atoms with Gasteiger partial charge in [-0.1, -0.05) is 13.8 Å². The highest BCUT2D eigenvalue weighted by molar-refractivity contribution is 5.15. The van der Waals surface area contributed by atoms with Gasteiger partial charge in [-0.25, -0.2) is 9.97 Å². The van der Waals surface area contributed by atoms with E-state index < -0.39 is 0 Å². The van der Waals surface area contributed by atoms with E-state index in [0.717, 1.165) is 60.4 Å². The summed E-state index contributed by atoms with van der Waals surface area (Å²) in [7, 11) is 0. The van der Waals surface area contributed by atoms with Crippen molar-refractivity contribution in [2.45, 2.75) is 53.6 Å². The molecule has 0 aliphatic carbocycles. The number of hydrogen-bond acceptors (Lipinski definition) is 4.